The van der Waals surface area contributed by atoms with E-state index in [9.17, 15) is 9.90 Å². The molecule has 0 saturated carbocycles. The van der Waals surface area contributed by atoms with E-state index in [1.165, 1.54) is 5.56 Å². The average molecular weight is 302 g/mol. The van der Waals surface area contributed by atoms with Gasteiger partial charge in [-0.15, -0.1) is 0 Å². The van der Waals surface area contributed by atoms with Gasteiger partial charge < -0.3 is 10.0 Å². The standard InChI is InChI=1S/C17H16ClNO2/c18-15-3-1-2-12(8-15)9-17(21)19-7-6-13-4-5-16(20)10-14(13)11-19/h1-5,8,10,20H,6-7,9,11H2. The number of amides is 1. The molecular formula is C17H16ClNO2. The Balaban J connectivity index is 1.72. The van der Waals surface area contributed by atoms with Gasteiger partial charge in [-0.3, -0.25) is 4.79 Å². The van der Waals surface area contributed by atoms with Crippen LogP contribution < -0.4 is 0 Å². The second-order valence-electron chi connectivity index (χ2n) is 5.33. The second-order valence-corrected chi connectivity index (χ2v) is 5.76. The molecule has 0 unspecified atom stereocenters. The molecule has 0 aromatic heterocycles. The van der Waals surface area contributed by atoms with Crippen molar-refractivity contribution in [3.63, 3.8) is 0 Å². The third-order valence-corrected chi connectivity index (χ3v) is 4.03. The van der Waals surface area contributed by atoms with Crippen molar-refractivity contribution in [2.45, 2.75) is 19.4 Å². The maximum atomic E-state index is 12.4. The van der Waals surface area contributed by atoms with Crippen molar-refractivity contribution in [1.82, 2.24) is 4.90 Å². The SMILES string of the molecule is O=C(Cc1cccc(Cl)c1)N1CCc2ccc(O)cc2C1. The van der Waals surface area contributed by atoms with Crippen LogP contribution in [0, 0.1) is 0 Å². The third kappa shape index (κ3) is 3.19. The molecule has 0 saturated heterocycles. The summed E-state index contributed by atoms with van der Waals surface area (Å²) in [4.78, 5) is 14.2. The summed E-state index contributed by atoms with van der Waals surface area (Å²) in [5.41, 5.74) is 3.16. The molecule has 1 aliphatic heterocycles. The van der Waals surface area contributed by atoms with Crippen molar-refractivity contribution >= 4 is 17.5 Å². The van der Waals surface area contributed by atoms with E-state index in [-0.39, 0.29) is 11.7 Å². The van der Waals surface area contributed by atoms with E-state index in [1.807, 2.05) is 29.2 Å². The number of hydrogen-bond donors (Lipinski definition) is 1. The van der Waals surface area contributed by atoms with Crippen molar-refractivity contribution in [1.29, 1.82) is 0 Å². The molecule has 3 rings (SSSR count). The highest BCUT2D eigenvalue weighted by molar-refractivity contribution is 6.30. The Labute approximate surface area is 128 Å². The molecule has 0 radical (unpaired) electrons. The highest BCUT2D eigenvalue weighted by atomic mass is 35.5. The second kappa shape index (κ2) is 5.78. The van der Waals surface area contributed by atoms with Crippen LogP contribution in [-0.2, 0) is 24.2 Å². The number of fused-ring (bicyclic) bond motifs is 1. The molecular weight excluding hydrogens is 286 g/mol. The number of nitrogens with zero attached hydrogens (tertiary/aromatic N) is 1. The Kier molecular flexibility index (Phi) is 3.84. The normalized spacial score (nSPS) is 13.9. The molecule has 0 atom stereocenters. The molecule has 2 aromatic carbocycles. The highest BCUT2D eigenvalue weighted by Crippen LogP contribution is 2.23. The zero-order chi connectivity index (χ0) is 14.8. The molecule has 1 heterocycles. The monoisotopic (exact) mass is 301 g/mol. The number of phenolic OH excluding ortho intramolecular Hbond substituents is 1. The van der Waals surface area contributed by atoms with E-state index in [4.69, 9.17) is 11.6 Å². The fraction of sp³-hybridized carbons (Fsp3) is 0.235. The van der Waals surface area contributed by atoms with Crippen LogP contribution in [0.25, 0.3) is 0 Å². The lowest BCUT2D eigenvalue weighted by molar-refractivity contribution is -0.131. The van der Waals surface area contributed by atoms with E-state index in [0.29, 0.717) is 18.0 Å². The Hall–Kier alpha value is -2.00. The van der Waals surface area contributed by atoms with Gasteiger partial charge in [0.1, 0.15) is 5.75 Å². The van der Waals surface area contributed by atoms with Gasteiger partial charge in [0.25, 0.3) is 0 Å². The van der Waals surface area contributed by atoms with Crippen molar-refractivity contribution in [3.05, 3.63) is 64.2 Å². The van der Waals surface area contributed by atoms with Crippen LogP contribution in [0.1, 0.15) is 16.7 Å². The van der Waals surface area contributed by atoms with Gasteiger partial charge in [0, 0.05) is 18.1 Å². The average Bonchev–Trinajstić information content (AvgIpc) is 2.46. The lowest BCUT2D eigenvalue weighted by Gasteiger charge is -2.29. The summed E-state index contributed by atoms with van der Waals surface area (Å²) in [7, 11) is 0. The molecule has 1 aliphatic rings. The number of carbonyl (C=O) groups excluding carboxylic acids is 1. The minimum absolute atomic E-state index is 0.0891. The van der Waals surface area contributed by atoms with Gasteiger partial charge >= 0.3 is 0 Å². The topological polar surface area (TPSA) is 40.5 Å². The lowest BCUT2D eigenvalue weighted by atomic mass is 9.99. The number of halogens is 1. The fourth-order valence-electron chi connectivity index (χ4n) is 2.69. The van der Waals surface area contributed by atoms with Gasteiger partial charge in [0.2, 0.25) is 5.91 Å². The van der Waals surface area contributed by atoms with Gasteiger partial charge in [0.15, 0.2) is 0 Å². The quantitative estimate of drug-likeness (QED) is 0.925. The molecule has 2 aromatic rings. The number of hydrogen-bond acceptors (Lipinski definition) is 2. The molecule has 3 nitrogen and oxygen atoms in total. The Morgan fingerprint density at radius 3 is 2.86 bits per heavy atom. The van der Waals surface area contributed by atoms with Crippen molar-refractivity contribution in [2.24, 2.45) is 0 Å². The summed E-state index contributed by atoms with van der Waals surface area (Å²) in [5.74, 6) is 0.337. The first-order chi connectivity index (χ1) is 10.1. The number of rotatable bonds is 2. The van der Waals surface area contributed by atoms with E-state index >= 15 is 0 Å². The number of carbonyl (C=O) groups is 1. The van der Waals surface area contributed by atoms with Crippen LogP contribution in [0.4, 0.5) is 0 Å². The molecule has 0 bridgehead atoms. The molecule has 1 N–H and O–H groups in total. The Morgan fingerprint density at radius 1 is 1.19 bits per heavy atom. The zero-order valence-corrected chi connectivity index (χ0v) is 12.3. The van der Waals surface area contributed by atoms with E-state index in [2.05, 4.69) is 0 Å². The molecule has 0 fully saturated rings. The molecule has 108 valence electrons. The number of phenols is 1. The highest BCUT2D eigenvalue weighted by Gasteiger charge is 2.21. The van der Waals surface area contributed by atoms with Crippen LogP contribution in [0.5, 0.6) is 5.75 Å². The first kappa shape index (κ1) is 14.0. The van der Waals surface area contributed by atoms with Gasteiger partial charge in [0.05, 0.1) is 6.42 Å². The number of aromatic hydroxyl groups is 1. The van der Waals surface area contributed by atoms with Gasteiger partial charge in [-0.1, -0.05) is 29.8 Å². The fourth-order valence-corrected chi connectivity index (χ4v) is 2.90. The van der Waals surface area contributed by atoms with Crippen LogP contribution in [-0.4, -0.2) is 22.5 Å². The van der Waals surface area contributed by atoms with E-state index < -0.39 is 0 Å². The third-order valence-electron chi connectivity index (χ3n) is 3.80. The maximum absolute atomic E-state index is 12.4. The lowest BCUT2D eigenvalue weighted by Crippen LogP contribution is -2.36. The smallest absolute Gasteiger partial charge is 0.227 e. The van der Waals surface area contributed by atoms with Crippen molar-refractivity contribution in [3.8, 4) is 5.75 Å². The van der Waals surface area contributed by atoms with Gasteiger partial charge in [-0.05, 0) is 47.4 Å². The molecule has 0 aliphatic carbocycles. The van der Waals surface area contributed by atoms with E-state index in [0.717, 1.165) is 24.1 Å². The Morgan fingerprint density at radius 2 is 2.05 bits per heavy atom. The number of benzene rings is 2. The minimum Gasteiger partial charge on any atom is -0.508 e. The minimum atomic E-state index is 0.0891. The molecule has 21 heavy (non-hydrogen) atoms. The summed E-state index contributed by atoms with van der Waals surface area (Å²) in [6.07, 6.45) is 1.19. The summed E-state index contributed by atoms with van der Waals surface area (Å²) in [6, 6.07) is 12.8. The molecule has 0 spiro atoms. The van der Waals surface area contributed by atoms with Crippen molar-refractivity contribution in [2.75, 3.05) is 6.54 Å². The van der Waals surface area contributed by atoms with Gasteiger partial charge in [-0.25, -0.2) is 0 Å². The summed E-state index contributed by atoms with van der Waals surface area (Å²) < 4.78 is 0. The predicted molar refractivity (Wildman–Crippen MR) is 82.4 cm³/mol. The zero-order valence-electron chi connectivity index (χ0n) is 11.6. The first-order valence-electron chi connectivity index (χ1n) is 6.95. The Bertz CT molecular complexity index is 684. The molecule has 1 amide bonds. The predicted octanol–water partition coefficient (Wildman–Crippen LogP) is 3.17. The van der Waals surface area contributed by atoms with Crippen LogP contribution in [0.15, 0.2) is 42.5 Å². The van der Waals surface area contributed by atoms with E-state index in [1.54, 1.807) is 18.2 Å². The largest absolute Gasteiger partial charge is 0.508 e. The van der Waals surface area contributed by atoms with Crippen LogP contribution in [0.2, 0.25) is 5.02 Å². The maximum Gasteiger partial charge on any atom is 0.227 e. The van der Waals surface area contributed by atoms with Gasteiger partial charge in [-0.2, -0.15) is 0 Å². The first-order valence-corrected chi connectivity index (χ1v) is 7.32. The summed E-state index contributed by atoms with van der Waals surface area (Å²) >= 11 is 5.95. The van der Waals surface area contributed by atoms with Crippen LogP contribution in [0.3, 0.4) is 0 Å². The van der Waals surface area contributed by atoms with Crippen molar-refractivity contribution < 1.29 is 9.90 Å². The van der Waals surface area contributed by atoms with Crippen LogP contribution >= 0.6 is 11.6 Å². The summed E-state index contributed by atoms with van der Waals surface area (Å²) in [6.45, 7) is 1.28. The molecule has 4 heteroatoms. The summed E-state index contributed by atoms with van der Waals surface area (Å²) in [5, 5.41) is 10.2.